The normalized spacial score (nSPS) is 12.7. The van der Waals surface area contributed by atoms with Gasteiger partial charge in [-0.2, -0.15) is 0 Å². The van der Waals surface area contributed by atoms with Gasteiger partial charge in [0.05, 0.1) is 12.6 Å². The van der Waals surface area contributed by atoms with E-state index in [1.54, 1.807) is 0 Å². The van der Waals surface area contributed by atoms with Crippen LogP contribution in [0.5, 0.6) is 0 Å². The van der Waals surface area contributed by atoms with Crippen LogP contribution < -0.4 is 0 Å². The summed E-state index contributed by atoms with van der Waals surface area (Å²) in [5.74, 6) is 1.18. The molecule has 0 N–H and O–H groups in total. The van der Waals surface area contributed by atoms with Gasteiger partial charge < -0.3 is 4.42 Å². The van der Waals surface area contributed by atoms with E-state index in [0.29, 0.717) is 18.3 Å². The van der Waals surface area contributed by atoms with E-state index in [1.165, 1.54) is 12.1 Å². The highest BCUT2D eigenvalue weighted by Crippen LogP contribution is 2.29. The van der Waals surface area contributed by atoms with E-state index in [-0.39, 0.29) is 17.8 Å². The van der Waals surface area contributed by atoms with Crippen molar-refractivity contribution in [1.29, 1.82) is 0 Å². The lowest BCUT2D eigenvalue weighted by Gasteiger charge is -2.28. The van der Waals surface area contributed by atoms with E-state index < -0.39 is 0 Å². The minimum atomic E-state index is -0.239. The second kappa shape index (κ2) is 7.57. The van der Waals surface area contributed by atoms with Crippen LogP contribution >= 0.6 is 0 Å². The Morgan fingerprint density at radius 3 is 2.20 bits per heavy atom. The van der Waals surface area contributed by atoms with Gasteiger partial charge in [-0.25, -0.2) is 4.39 Å². The fourth-order valence-corrected chi connectivity index (χ4v) is 2.85. The molecule has 130 valence electrons. The molecular formula is C20H22FN3O. The summed E-state index contributed by atoms with van der Waals surface area (Å²) in [7, 11) is 2.00. The quantitative estimate of drug-likeness (QED) is 0.660. The molecule has 25 heavy (non-hydrogen) atoms. The van der Waals surface area contributed by atoms with Gasteiger partial charge in [0, 0.05) is 5.92 Å². The molecule has 0 amide bonds. The van der Waals surface area contributed by atoms with Crippen molar-refractivity contribution in [2.24, 2.45) is 0 Å². The van der Waals surface area contributed by atoms with Gasteiger partial charge in [-0.3, -0.25) is 4.90 Å². The van der Waals surface area contributed by atoms with Crippen molar-refractivity contribution in [3.05, 3.63) is 83.3 Å². The topological polar surface area (TPSA) is 42.2 Å². The number of hydrogen-bond acceptors (Lipinski definition) is 4. The summed E-state index contributed by atoms with van der Waals surface area (Å²) in [5, 5.41) is 8.24. The van der Waals surface area contributed by atoms with E-state index in [1.807, 2.05) is 51.2 Å². The van der Waals surface area contributed by atoms with Crippen LogP contribution in [-0.2, 0) is 6.54 Å². The first kappa shape index (κ1) is 17.3. The molecule has 0 radical (unpaired) electrons. The third-order valence-corrected chi connectivity index (χ3v) is 4.10. The van der Waals surface area contributed by atoms with E-state index in [4.69, 9.17) is 4.42 Å². The molecule has 5 heteroatoms. The zero-order valence-electron chi connectivity index (χ0n) is 14.7. The lowest BCUT2D eigenvalue weighted by molar-refractivity contribution is 0.239. The fraction of sp³-hybridized carbons (Fsp3) is 0.300. The number of nitrogens with zero attached hydrogens (tertiary/aromatic N) is 3. The summed E-state index contributed by atoms with van der Waals surface area (Å²) < 4.78 is 19.1. The highest BCUT2D eigenvalue weighted by atomic mass is 19.1. The Balaban J connectivity index is 1.89. The van der Waals surface area contributed by atoms with Gasteiger partial charge in [-0.05, 0) is 30.3 Å². The molecule has 1 atom stereocenters. The third-order valence-electron chi connectivity index (χ3n) is 4.10. The van der Waals surface area contributed by atoms with Crippen LogP contribution in [0.4, 0.5) is 4.39 Å². The highest BCUT2D eigenvalue weighted by Gasteiger charge is 2.21. The van der Waals surface area contributed by atoms with Crippen LogP contribution in [0.2, 0.25) is 0 Å². The first-order valence-electron chi connectivity index (χ1n) is 8.37. The monoisotopic (exact) mass is 339 g/mol. The maximum Gasteiger partial charge on any atom is 0.230 e. The molecule has 0 aliphatic heterocycles. The first-order chi connectivity index (χ1) is 12.0. The van der Waals surface area contributed by atoms with Crippen LogP contribution in [0, 0.1) is 5.82 Å². The van der Waals surface area contributed by atoms with Gasteiger partial charge in [0.2, 0.25) is 11.8 Å². The van der Waals surface area contributed by atoms with Crippen molar-refractivity contribution < 1.29 is 8.81 Å². The maximum atomic E-state index is 13.3. The predicted octanol–water partition coefficient (Wildman–Crippen LogP) is 4.55. The van der Waals surface area contributed by atoms with E-state index in [0.717, 1.165) is 11.1 Å². The lowest BCUT2D eigenvalue weighted by Crippen LogP contribution is -2.25. The average Bonchev–Trinajstić information content (AvgIpc) is 3.07. The summed E-state index contributed by atoms with van der Waals surface area (Å²) in [6.45, 7) is 4.55. The highest BCUT2D eigenvalue weighted by molar-refractivity contribution is 5.32. The molecule has 1 heterocycles. The zero-order chi connectivity index (χ0) is 17.8. The predicted molar refractivity (Wildman–Crippen MR) is 94.5 cm³/mol. The SMILES string of the molecule is CC(C)c1nnc(CN(C)[C@H](c2ccccc2)c2ccc(F)cc2)o1. The van der Waals surface area contributed by atoms with E-state index >= 15 is 0 Å². The molecule has 0 aliphatic rings. The Morgan fingerprint density at radius 1 is 0.960 bits per heavy atom. The minimum absolute atomic E-state index is 0.0313. The number of aromatic nitrogens is 2. The Hall–Kier alpha value is -2.53. The minimum Gasteiger partial charge on any atom is -0.424 e. The number of hydrogen-bond donors (Lipinski definition) is 0. The Kier molecular flexibility index (Phi) is 5.24. The zero-order valence-corrected chi connectivity index (χ0v) is 14.7. The van der Waals surface area contributed by atoms with Gasteiger partial charge in [-0.15, -0.1) is 10.2 Å². The van der Waals surface area contributed by atoms with Gasteiger partial charge in [0.15, 0.2) is 0 Å². The smallest absolute Gasteiger partial charge is 0.230 e. The Labute approximate surface area is 147 Å². The van der Waals surface area contributed by atoms with Crippen molar-refractivity contribution >= 4 is 0 Å². The van der Waals surface area contributed by atoms with Crippen LogP contribution in [0.15, 0.2) is 59.0 Å². The summed E-state index contributed by atoms with van der Waals surface area (Å²) >= 11 is 0. The molecule has 0 aliphatic carbocycles. The molecule has 0 saturated heterocycles. The van der Waals surface area contributed by atoms with Crippen LogP contribution in [0.1, 0.15) is 48.7 Å². The van der Waals surface area contributed by atoms with Crippen LogP contribution in [0.3, 0.4) is 0 Å². The number of rotatable bonds is 6. The van der Waals surface area contributed by atoms with Crippen molar-refractivity contribution in [1.82, 2.24) is 15.1 Å². The number of benzene rings is 2. The molecule has 0 saturated carbocycles. The second-order valence-corrected chi connectivity index (χ2v) is 6.47. The molecule has 4 nitrogen and oxygen atoms in total. The average molecular weight is 339 g/mol. The molecule has 0 unspecified atom stereocenters. The first-order valence-corrected chi connectivity index (χ1v) is 8.37. The Morgan fingerprint density at radius 2 is 1.60 bits per heavy atom. The van der Waals surface area contributed by atoms with E-state index in [9.17, 15) is 4.39 Å². The second-order valence-electron chi connectivity index (χ2n) is 6.47. The number of halogens is 1. The van der Waals surface area contributed by atoms with Gasteiger partial charge in [0.25, 0.3) is 0 Å². The van der Waals surface area contributed by atoms with Crippen LogP contribution in [0.25, 0.3) is 0 Å². The fourth-order valence-electron chi connectivity index (χ4n) is 2.85. The van der Waals surface area contributed by atoms with Crippen molar-refractivity contribution in [3.63, 3.8) is 0 Å². The maximum absolute atomic E-state index is 13.3. The summed E-state index contributed by atoms with van der Waals surface area (Å²) in [6.07, 6.45) is 0. The molecule has 0 fully saturated rings. The molecule has 0 bridgehead atoms. The molecule has 1 aromatic heterocycles. The van der Waals surface area contributed by atoms with Crippen LogP contribution in [-0.4, -0.2) is 22.1 Å². The molecular weight excluding hydrogens is 317 g/mol. The third kappa shape index (κ3) is 4.12. The van der Waals surface area contributed by atoms with Crippen molar-refractivity contribution in [2.45, 2.75) is 32.4 Å². The Bertz CT molecular complexity index is 799. The van der Waals surface area contributed by atoms with Crippen molar-refractivity contribution in [2.75, 3.05) is 7.05 Å². The standard InChI is InChI=1S/C20H22FN3O/c1-14(2)20-23-22-18(25-20)13-24(3)19(15-7-5-4-6-8-15)16-9-11-17(21)12-10-16/h4-12,14,19H,13H2,1-3H3/t19-/m1/s1. The summed E-state index contributed by atoms with van der Waals surface area (Å²) in [5.41, 5.74) is 2.14. The molecule has 3 rings (SSSR count). The largest absolute Gasteiger partial charge is 0.424 e. The summed E-state index contributed by atoms with van der Waals surface area (Å²) in [4.78, 5) is 2.13. The van der Waals surface area contributed by atoms with Gasteiger partial charge >= 0.3 is 0 Å². The summed E-state index contributed by atoms with van der Waals surface area (Å²) in [6, 6.07) is 16.7. The van der Waals surface area contributed by atoms with E-state index in [2.05, 4.69) is 27.2 Å². The molecule has 3 aromatic rings. The van der Waals surface area contributed by atoms with Crippen molar-refractivity contribution in [3.8, 4) is 0 Å². The molecule has 0 spiro atoms. The molecule has 2 aromatic carbocycles. The van der Waals surface area contributed by atoms with Gasteiger partial charge in [0.1, 0.15) is 5.82 Å². The van der Waals surface area contributed by atoms with Gasteiger partial charge in [-0.1, -0.05) is 56.3 Å². The lowest BCUT2D eigenvalue weighted by atomic mass is 9.97.